The number of aromatic hydroxyl groups is 1. The second kappa shape index (κ2) is 4.78. The Hall–Kier alpha value is -0.950. The molecule has 0 unspecified atom stereocenters. The number of allylic oxidation sites excluding steroid dienone is 1. The molecule has 0 amide bonds. The predicted molar refractivity (Wildman–Crippen MR) is 86.7 cm³/mol. The molecule has 3 aliphatic carbocycles. The summed E-state index contributed by atoms with van der Waals surface area (Å²) in [5, 5.41) is 9.72. The molecule has 1 aromatic carbocycles. The summed E-state index contributed by atoms with van der Waals surface area (Å²) in [6.07, 6.45) is 7.43. The molecule has 4 rings (SSSR count). The number of halogens is 1. The Bertz CT molecular complexity index is 606. The van der Waals surface area contributed by atoms with Gasteiger partial charge in [0.05, 0.1) is 0 Å². The molecule has 21 heavy (non-hydrogen) atoms. The molecule has 0 radical (unpaired) electrons. The van der Waals surface area contributed by atoms with Gasteiger partial charge >= 0.3 is 0 Å². The lowest BCUT2D eigenvalue weighted by Gasteiger charge is -2.49. The van der Waals surface area contributed by atoms with Gasteiger partial charge in [-0.1, -0.05) is 30.2 Å². The Kier molecular flexibility index (Phi) is 3.11. The Morgan fingerprint density at radius 2 is 2.10 bits per heavy atom. The third-order valence-electron chi connectivity index (χ3n) is 6.69. The van der Waals surface area contributed by atoms with Gasteiger partial charge in [-0.3, -0.25) is 0 Å². The Balaban J connectivity index is 1.72. The number of hydrogen-bond acceptors (Lipinski definition) is 1. The molecule has 3 aliphatic rings. The first kappa shape index (κ1) is 13.7. The molecule has 2 fully saturated rings. The molecule has 0 heterocycles. The highest BCUT2D eigenvalue weighted by atomic mass is 35.5. The Morgan fingerprint density at radius 1 is 1.24 bits per heavy atom. The fourth-order valence-corrected chi connectivity index (χ4v) is 5.95. The van der Waals surface area contributed by atoms with E-state index in [1.54, 1.807) is 0 Å². The molecule has 0 aliphatic heterocycles. The van der Waals surface area contributed by atoms with Crippen LogP contribution in [0.5, 0.6) is 5.75 Å². The topological polar surface area (TPSA) is 20.2 Å². The normalized spacial score (nSPS) is 39.7. The summed E-state index contributed by atoms with van der Waals surface area (Å²) in [4.78, 5) is 0. The van der Waals surface area contributed by atoms with Crippen molar-refractivity contribution in [3.63, 3.8) is 0 Å². The van der Waals surface area contributed by atoms with E-state index in [1.807, 2.05) is 17.7 Å². The first-order valence-corrected chi connectivity index (χ1v) is 8.68. The van der Waals surface area contributed by atoms with Gasteiger partial charge in [-0.15, -0.1) is 0 Å². The summed E-state index contributed by atoms with van der Waals surface area (Å²) in [6.45, 7) is 2.45. The van der Waals surface area contributed by atoms with Crippen molar-refractivity contribution in [2.45, 2.75) is 51.4 Å². The fraction of sp³-hybridized carbons (Fsp3) is 0.579. The summed E-state index contributed by atoms with van der Waals surface area (Å²) < 4.78 is 0. The van der Waals surface area contributed by atoms with E-state index in [0.717, 1.165) is 18.3 Å². The molecule has 2 saturated carbocycles. The van der Waals surface area contributed by atoms with E-state index < -0.39 is 0 Å². The van der Waals surface area contributed by atoms with Gasteiger partial charge in [0.15, 0.2) is 0 Å². The Morgan fingerprint density at radius 3 is 2.90 bits per heavy atom. The van der Waals surface area contributed by atoms with E-state index in [-0.39, 0.29) is 0 Å². The molecule has 1 nitrogen and oxygen atoms in total. The van der Waals surface area contributed by atoms with E-state index in [1.165, 1.54) is 48.8 Å². The molecule has 4 atom stereocenters. The van der Waals surface area contributed by atoms with Crippen molar-refractivity contribution in [3.8, 4) is 5.75 Å². The van der Waals surface area contributed by atoms with Crippen LogP contribution < -0.4 is 0 Å². The molecule has 2 heteroatoms. The number of aryl methyl sites for hydroxylation is 1. The van der Waals surface area contributed by atoms with Crippen molar-refractivity contribution in [1.82, 2.24) is 0 Å². The maximum absolute atomic E-state index is 9.72. The van der Waals surface area contributed by atoms with E-state index >= 15 is 0 Å². The summed E-state index contributed by atoms with van der Waals surface area (Å²) in [5.74, 6) is 2.71. The highest BCUT2D eigenvalue weighted by Gasteiger charge is 2.52. The second-order valence-corrected chi connectivity index (χ2v) is 7.65. The molecular weight excluding hydrogens is 280 g/mol. The smallest absolute Gasteiger partial charge is 0.115 e. The lowest BCUT2D eigenvalue weighted by Crippen LogP contribution is -2.40. The first-order valence-electron chi connectivity index (χ1n) is 8.25. The largest absolute Gasteiger partial charge is 0.508 e. The van der Waals surface area contributed by atoms with Crippen molar-refractivity contribution in [2.24, 2.45) is 17.3 Å². The van der Waals surface area contributed by atoms with Crippen LogP contribution in [0.15, 0.2) is 29.3 Å². The molecule has 1 N–H and O–H groups in total. The number of rotatable bonds is 0. The molecule has 0 bridgehead atoms. The standard InChI is InChI=1S/C19H23ClO/c1-19-9-8-16-15-6-4-14(21)10-12(15)2-5-17(16)18(19)7-3-13(19)11-20/h4,6,10-11,16-18,21H,2-3,5,7-9H2,1H3/t16-,17-,18+,19-/m1/s1. The molecule has 0 aromatic heterocycles. The van der Waals surface area contributed by atoms with Crippen molar-refractivity contribution in [1.29, 1.82) is 0 Å². The van der Waals surface area contributed by atoms with Crippen LogP contribution in [0.3, 0.4) is 0 Å². The highest BCUT2D eigenvalue weighted by molar-refractivity contribution is 6.25. The van der Waals surface area contributed by atoms with Crippen LogP contribution in [-0.4, -0.2) is 5.11 Å². The van der Waals surface area contributed by atoms with E-state index in [9.17, 15) is 5.11 Å². The van der Waals surface area contributed by atoms with Gasteiger partial charge in [-0.05, 0) is 85.0 Å². The number of phenolic OH excluding ortho intramolecular Hbond substituents is 1. The predicted octanol–water partition coefficient (Wildman–Crippen LogP) is 5.37. The molecule has 0 spiro atoms. The monoisotopic (exact) mass is 302 g/mol. The van der Waals surface area contributed by atoms with Gasteiger partial charge in [0, 0.05) is 5.54 Å². The van der Waals surface area contributed by atoms with Crippen LogP contribution in [0, 0.1) is 17.3 Å². The second-order valence-electron chi connectivity index (χ2n) is 7.43. The Labute approximate surface area is 132 Å². The number of benzene rings is 1. The average molecular weight is 303 g/mol. The van der Waals surface area contributed by atoms with Gasteiger partial charge < -0.3 is 5.11 Å². The third-order valence-corrected chi connectivity index (χ3v) is 6.95. The molecule has 0 saturated heterocycles. The zero-order valence-corrected chi connectivity index (χ0v) is 13.4. The fourth-order valence-electron chi connectivity index (χ4n) is 5.60. The van der Waals surface area contributed by atoms with Gasteiger partial charge in [-0.25, -0.2) is 0 Å². The van der Waals surface area contributed by atoms with Crippen molar-refractivity contribution < 1.29 is 5.11 Å². The van der Waals surface area contributed by atoms with Crippen LogP contribution >= 0.6 is 11.6 Å². The lowest BCUT2D eigenvalue weighted by atomic mass is 9.55. The van der Waals surface area contributed by atoms with Crippen LogP contribution in [0.2, 0.25) is 0 Å². The minimum absolute atomic E-state index is 0.345. The molecule has 112 valence electrons. The number of hydrogen-bond donors (Lipinski definition) is 1. The van der Waals surface area contributed by atoms with Crippen LogP contribution in [-0.2, 0) is 6.42 Å². The summed E-state index contributed by atoms with van der Waals surface area (Å²) >= 11 is 6.10. The highest BCUT2D eigenvalue weighted by Crippen LogP contribution is 2.62. The third kappa shape index (κ3) is 1.90. The van der Waals surface area contributed by atoms with Crippen LogP contribution in [0.25, 0.3) is 0 Å². The summed E-state index contributed by atoms with van der Waals surface area (Å²) in [5.41, 5.74) is 6.59. The molecular formula is C19H23ClO. The summed E-state index contributed by atoms with van der Waals surface area (Å²) in [7, 11) is 0. The zero-order chi connectivity index (χ0) is 14.6. The molecule has 1 aromatic rings. The van der Waals surface area contributed by atoms with Crippen LogP contribution in [0.1, 0.15) is 56.1 Å². The minimum Gasteiger partial charge on any atom is -0.508 e. The number of fused-ring (bicyclic) bond motifs is 5. The van der Waals surface area contributed by atoms with E-state index in [0.29, 0.717) is 17.1 Å². The number of phenols is 1. The van der Waals surface area contributed by atoms with Crippen molar-refractivity contribution in [2.75, 3.05) is 0 Å². The maximum Gasteiger partial charge on any atom is 0.115 e. The zero-order valence-electron chi connectivity index (χ0n) is 12.6. The SMILES string of the molecule is C[C@]12CC[C@@H]3c4ccc(O)cc4CC[C@H]3[C@@H]1CCC2=CCl. The first-order chi connectivity index (χ1) is 10.1. The van der Waals surface area contributed by atoms with Crippen LogP contribution in [0.4, 0.5) is 0 Å². The van der Waals surface area contributed by atoms with E-state index in [4.69, 9.17) is 11.6 Å². The van der Waals surface area contributed by atoms with Gasteiger partial charge in [0.25, 0.3) is 0 Å². The average Bonchev–Trinajstić information content (AvgIpc) is 2.83. The van der Waals surface area contributed by atoms with Crippen molar-refractivity contribution in [3.05, 3.63) is 40.4 Å². The van der Waals surface area contributed by atoms with E-state index in [2.05, 4.69) is 13.0 Å². The van der Waals surface area contributed by atoms with Gasteiger partial charge in [0.1, 0.15) is 5.75 Å². The maximum atomic E-state index is 9.72. The lowest BCUT2D eigenvalue weighted by molar-refractivity contribution is 0.0815. The summed E-state index contributed by atoms with van der Waals surface area (Å²) in [6, 6.07) is 6.03. The minimum atomic E-state index is 0.345. The van der Waals surface area contributed by atoms with Crippen molar-refractivity contribution >= 4 is 11.6 Å². The van der Waals surface area contributed by atoms with Gasteiger partial charge in [-0.2, -0.15) is 0 Å². The quantitative estimate of drug-likeness (QED) is 0.683. The van der Waals surface area contributed by atoms with Gasteiger partial charge in [0.2, 0.25) is 0 Å².